The van der Waals surface area contributed by atoms with Gasteiger partial charge in [0.25, 0.3) is 0 Å². The minimum atomic E-state index is -2.71. The van der Waals surface area contributed by atoms with Crippen molar-refractivity contribution < 1.29 is 0 Å². The standard InChI is InChI=1S/C65H52N2Si/c1-3-65(4-2)61-45-48(34-41-57(61)58-42-40-56(46-62(58)65)68(53-26-14-7-15-27-53,54-28-16-8-17-29-54)55-30-18-9-19-31-55)47-35-43-64-60(44-47)59-32-20-21-33-63(59)67(64)52-38-36-51(37-39-52)66(49-22-10-5-11-23-49)50-24-12-6-13-25-50/h5-46H,3-4H2,1-2H3. The van der Waals surface area contributed by atoms with Crippen molar-refractivity contribution in [2.45, 2.75) is 32.1 Å². The highest BCUT2D eigenvalue weighted by Crippen LogP contribution is 2.53. The molecule has 68 heavy (non-hydrogen) atoms. The summed E-state index contributed by atoms with van der Waals surface area (Å²) in [6.45, 7) is 4.79. The van der Waals surface area contributed by atoms with E-state index in [9.17, 15) is 0 Å². The molecule has 10 aromatic carbocycles. The zero-order valence-electron chi connectivity index (χ0n) is 38.6. The van der Waals surface area contributed by atoms with Gasteiger partial charge in [-0.05, 0) is 140 Å². The van der Waals surface area contributed by atoms with Gasteiger partial charge < -0.3 is 9.47 Å². The van der Waals surface area contributed by atoms with E-state index in [-0.39, 0.29) is 5.41 Å². The molecule has 0 fully saturated rings. The van der Waals surface area contributed by atoms with Crippen molar-refractivity contribution in [1.29, 1.82) is 0 Å². The zero-order chi connectivity index (χ0) is 45.7. The molecule has 0 unspecified atom stereocenters. The van der Waals surface area contributed by atoms with Crippen molar-refractivity contribution in [3.63, 3.8) is 0 Å². The topological polar surface area (TPSA) is 8.17 Å². The Hall–Kier alpha value is -7.98. The summed E-state index contributed by atoms with van der Waals surface area (Å²) in [6, 6.07) is 95.0. The van der Waals surface area contributed by atoms with E-state index in [1.165, 1.54) is 75.9 Å². The summed E-state index contributed by atoms with van der Waals surface area (Å²) in [5.74, 6) is 0. The van der Waals surface area contributed by atoms with Crippen LogP contribution in [0, 0.1) is 0 Å². The number of benzene rings is 10. The van der Waals surface area contributed by atoms with Crippen LogP contribution in [0.1, 0.15) is 37.8 Å². The van der Waals surface area contributed by atoms with Gasteiger partial charge in [0, 0.05) is 38.9 Å². The highest BCUT2D eigenvalue weighted by molar-refractivity contribution is 7.19. The van der Waals surface area contributed by atoms with Gasteiger partial charge in [0.1, 0.15) is 0 Å². The lowest BCUT2D eigenvalue weighted by Gasteiger charge is -2.36. The molecule has 2 nitrogen and oxygen atoms in total. The molecule has 326 valence electrons. The van der Waals surface area contributed by atoms with Crippen LogP contribution in [-0.2, 0) is 5.41 Å². The molecule has 11 aromatic rings. The first-order valence-electron chi connectivity index (χ1n) is 24.1. The summed E-state index contributed by atoms with van der Waals surface area (Å²) in [5.41, 5.74) is 14.9. The predicted octanol–water partition coefficient (Wildman–Crippen LogP) is 14.4. The van der Waals surface area contributed by atoms with Crippen LogP contribution in [0.5, 0.6) is 0 Å². The largest absolute Gasteiger partial charge is 0.311 e. The van der Waals surface area contributed by atoms with Crippen LogP contribution in [-0.4, -0.2) is 12.6 Å². The van der Waals surface area contributed by atoms with Gasteiger partial charge in [-0.1, -0.05) is 196 Å². The van der Waals surface area contributed by atoms with E-state index in [1.807, 2.05) is 0 Å². The van der Waals surface area contributed by atoms with Crippen LogP contribution < -0.4 is 25.6 Å². The van der Waals surface area contributed by atoms with E-state index in [1.54, 1.807) is 0 Å². The first kappa shape index (κ1) is 41.4. The van der Waals surface area contributed by atoms with Crippen molar-refractivity contribution in [3.8, 4) is 27.9 Å². The van der Waals surface area contributed by atoms with Crippen LogP contribution in [0.4, 0.5) is 17.1 Å². The summed E-state index contributed by atoms with van der Waals surface area (Å²) in [7, 11) is -2.71. The average Bonchev–Trinajstić information content (AvgIpc) is 3.90. The molecule has 12 rings (SSSR count). The number of hydrogen-bond donors (Lipinski definition) is 0. The quantitative estimate of drug-likeness (QED) is 0.0928. The fourth-order valence-electron chi connectivity index (χ4n) is 11.8. The summed E-state index contributed by atoms with van der Waals surface area (Å²) in [4.78, 5) is 2.32. The summed E-state index contributed by atoms with van der Waals surface area (Å²) < 4.78 is 2.42. The Kier molecular flexibility index (Phi) is 10.4. The first-order valence-corrected chi connectivity index (χ1v) is 26.1. The van der Waals surface area contributed by atoms with E-state index in [0.717, 1.165) is 35.6 Å². The molecular weight excluding hydrogens is 837 g/mol. The van der Waals surface area contributed by atoms with Crippen LogP contribution >= 0.6 is 0 Å². The van der Waals surface area contributed by atoms with E-state index in [2.05, 4.69) is 278 Å². The second-order valence-electron chi connectivity index (χ2n) is 18.3. The fraction of sp³-hybridized carbons (Fsp3) is 0.0769. The molecule has 0 spiro atoms. The van der Waals surface area contributed by atoms with E-state index in [4.69, 9.17) is 0 Å². The third-order valence-electron chi connectivity index (χ3n) is 15.0. The number of hydrogen-bond acceptors (Lipinski definition) is 1. The Morgan fingerprint density at radius 1 is 0.368 bits per heavy atom. The molecule has 0 saturated carbocycles. The van der Waals surface area contributed by atoms with Crippen molar-refractivity contribution in [3.05, 3.63) is 266 Å². The molecule has 1 aromatic heterocycles. The molecule has 0 aliphatic heterocycles. The third kappa shape index (κ3) is 6.52. The van der Waals surface area contributed by atoms with E-state index in [0.29, 0.717) is 0 Å². The Morgan fingerprint density at radius 3 is 1.37 bits per heavy atom. The third-order valence-corrected chi connectivity index (χ3v) is 19.8. The molecule has 0 bridgehead atoms. The predicted molar refractivity (Wildman–Crippen MR) is 291 cm³/mol. The Balaban J connectivity index is 0.956. The summed E-state index contributed by atoms with van der Waals surface area (Å²) in [6.07, 6.45) is 2.04. The lowest BCUT2D eigenvalue weighted by Crippen LogP contribution is -2.74. The Bertz CT molecular complexity index is 3420. The van der Waals surface area contributed by atoms with Crippen molar-refractivity contribution >= 4 is 67.7 Å². The van der Waals surface area contributed by atoms with Gasteiger partial charge in [0.2, 0.25) is 0 Å². The van der Waals surface area contributed by atoms with Crippen LogP contribution in [0.3, 0.4) is 0 Å². The second-order valence-corrected chi connectivity index (χ2v) is 22.1. The molecule has 3 heteroatoms. The molecule has 1 aliphatic rings. The fourth-order valence-corrected chi connectivity index (χ4v) is 16.5. The van der Waals surface area contributed by atoms with Gasteiger partial charge in [-0.2, -0.15) is 0 Å². The smallest absolute Gasteiger partial charge is 0.179 e. The SMILES string of the molecule is CCC1(CC)c2cc(-c3ccc4c(c3)c3ccccc3n4-c3ccc(N(c4ccccc4)c4ccccc4)cc3)ccc2-c2ccc([Si](c3ccccc3)(c3ccccc3)c3ccccc3)cc21. The number of fused-ring (bicyclic) bond motifs is 6. The average molecular weight is 889 g/mol. The molecular formula is C65H52N2Si. The molecule has 0 saturated heterocycles. The Morgan fingerprint density at radius 2 is 0.809 bits per heavy atom. The number of rotatable bonds is 11. The normalized spacial score (nSPS) is 12.8. The van der Waals surface area contributed by atoms with E-state index < -0.39 is 8.07 Å². The second kappa shape index (κ2) is 17.0. The van der Waals surface area contributed by atoms with Crippen molar-refractivity contribution in [2.24, 2.45) is 0 Å². The van der Waals surface area contributed by atoms with Gasteiger partial charge >= 0.3 is 0 Å². The van der Waals surface area contributed by atoms with Gasteiger partial charge in [-0.25, -0.2) is 0 Å². The molecule has 1 aliphatic carbocycles. The van der Waals surface area contributed by atoms with Crippen LogP contribution in [0.25, 0.3) is 49.7 Å². The van der Waals surface area contributed by atoms with Crippen molar-refractivity contribution in [1.82, 2.24) is 4.57 Å². The van der Waals surface area contributed by atoms with Gasteiger partial charge in [-0.15, -0.1) is 0 Å². The lowest BCUT2D eigenvalue weighted by atomic mass is 9.73. The number of nitrogens with zero attached hydrogens (tertiary/aromatic N) is 2. The maximum atomic E-state index is 2.63. The van der Waals surface area contributed by atoms with Crippen LogP contribution in [0.15, 0.2) is 255 Å². The first-order chi connectivity index (χ1) is 33.6. The Labute approximate surface area is 401 Å². The molecule has 0 amide bonds. The molecule has 0 atom stereocenters. The molecule has 0 radical (unpaired) electrons. The minimum Gasteiger partial charge on any atom is -0.311 e. The van der Waals surface area contributed by atoms with E-state index >= 15 is 0 Å². The van der Waals surface area contributed by atoms with Crippen molar-refractivity contribution in [2.75, 3.05) is 4.90 Å². The highest BCUT2D eigenvalue weighted by Gasteiger charge is 2.45. The molecule has 0 N–H and O–H groups in total. The number of aromatic nitrogens is 1. The number of anilines is 3. The maximum Gasteiger partial charge on any atom is 0.179 e. The van der Waals surface area contributed by atoms with Gasteiger partial charge in [0.05, 0.1) is 11.0 Å². The monoisotopic (exact) mass is 888 g/mol. The van der Waals surface area contributed by atoms with Gasteiger partial charge in [-0.3, -0.25) is 0 Å². The zero-order valence-corrected chi connectivity index (χ0v) is 39.6. The lowest BCUT2D eigenvalue weighted by molar-refractivity contribution is 0.491. The molecule has 1 heterocycles. The minimum absolute atomic E-state index is 0.121. The summed E-state index contributed by atoms with van der Waals surface area (Å²) in [5, 5.41) is 8.15. The van der Waals surface area contributed by atoms with Crippen LogP contribution in [0.2, 0.25) is 0 Å². The summed E-state index contributed by atoms with van der Waals surface area (Å²) >= 11 is 0. The highest BCUT2D eigenvalue weighted by atomic mass is 28.3. The number of para-hydroxylation sites is 3. The van der Waals surface area contributed by atoms with Gasteiger partial charge in [0.15, 0.2) is 8.07 Å². The maximum absolute atomic E-state index is 2.71.